The van der Waals surface area contributed by atoms with Crippen LogP contribution in [0.4, 0.5) is 0 Å². The van der Waals surface area contributed by atoms with Crippen molar-refractivity contribution in [3.63, 3.8) is 0 Å². The molecule has 0 bridgehead atoms. The fraction of sp³-hybridized carbons (Fsp3) is 0.115. The zero-order valence-corrected chi connectivity index (χ0v) is 20.0. The van der Waals surface area contributed by atoms with Crippen molar-refractivity contribution >= 4 is 0 Å². The van der Waals surface area contributed by atoms with Crippen molar-refractivity contribution in [2.45, 2.75) is 0 Å². The summed E-state index contributed by atoms with van der Waals surface area (Å²) in [4.78, 5) is 0. The Morgan fingerprint density at radius 3 is 1.31 bits per heavy atom. The first-order valence-electron chi connectivity index (χ1n) is 10.2. The molecule has 1 aromatic heterocycles. The summed E-state index contributed by atoms with van der Waals surface area (Å²) in [6.45, 7) is 0. The van der Waals surface area contributed by atoms with Crippen molar-refractivity contribution in [1.29, 1.82) is 0 Å². The smallest absolute Gasteiger partial charge is 0.368 e. The van der Waals surface area contributed by atoms with Gasteiger partial charge in [-0.15, -0.1) is 10.2 Å². The normalized spacial score (nSPS) is 10.7. The average Bonchev–Trinajstić information content (AvgIpc) is 2.87. The second-order valence-corrected chi connectivity index (χ2v) is 7.86. The van der Waals surface area contributed by atoms with Crippen LogP contribution >= 0.6 is 0 Å². The largest absolute Gasteiger partial charge is 0.497 e. The SMILES string of the molecule is COc1ccc(-c2cc[o+]c(-c3ccc(OC)cc3)c2-c2ccc(OC)cc2)cc1.[O-][Cl+3]([O-])([O-])[O-]. The Hall–Kier alpha value is -3.66. The molecule has 0 atom stereocenters. The van der Waals surface area contributed by atoms with E-state index in [0.29, 0.717) is 0 Å². The summed E-state index contributed by atoms with van der Waals surface area (Å²) in [5.41, 5.74) is 5.16. The number of benzene rings is 3. The number of hydrogen-bond donors (Lipinski definition) is 0. The minimum Gasteiger partial charge on any atom is -0.497 e. The van der Waals surface area contributed by atoms with Gasteiger partial charge in [0, 0.05) is 11.6 Å². The quantitative estimate of drug-likeness (QED) is 0.368. The lowest BCUT2D eigenvalue weighted by atomic mass is 9.92. The standard InChI is InChI=1S/C26H23O4.ClHO4/c1-27-21-10-4-18(5-11-21)24-16-17-30-26(20-8-14-23(29-3)15-9-20)25(24)19-6-12-22(28-2)13-7-19;2-1(3,4)5/h4-17H,1-3H3;(H,2,3,4,5)/q+1;/p-1. The summed E-state index contributed by atoms with van der Waals surface area (Å²) < 4.78 is 56.0. The Morgan fingerprint density at radius 2 is 0.914 bits per heavy atom. The van der Waals surface area contributed by atoms with Gasteiger partial charge < -0.3 is 14.2 Å². The first-order valence-corrected chi connectivity index (χ1v) is 11.5. The summed E-state index contributed by atoms with van der Waals surface area (Å²) in [5.74, 6) is 3.22. The van der Waals surface area contributed by atoms with E-state index in [2.05, 4.69) is 12.1 Å². The molecular formula is C26H23ClO8. The van der Waals surface area contributed by atoms with Crippen LogP contribution in [-0.4, -0.2) is 21.3 Å². The van der Waals surface area contributed by atoms with Gasteiger partial charge in [0.15, 0.2) is 0 Å². The number of rotatable bonds is 6. The van der Waals surface area contributed by atoms with Crippen LogP contribution < -0.4 is 32.8 Å². The van der Waals surface area contributed by atoms with Crippen molar-refractivity contribution in [2.24, 2.45) is 0 Å². The van der Waals surface area contributed by atoms with E-state index in [9.17, 15) is 0 Å². The molecule has 0 N–H and O–H groups in total. The van der Waals surface area contributed by atoms with Gasteiger partial charge in [0.25, 0.3) is 0 Å². The van der Waals surface area contributed by atoms with E-state index in [1.54, 1.807) is 27.6 Å². The van der Waals surface area contributed by atoms with Gasteiger partial charge in [-0.2, -0.15) is 0 Å². The van der Waals surface area contributed by atoms with Gasteiger partial charge in [-0.25, -0.2) is 23.1 Å². The van der Waals surface area contributed by atoms with Crippen LogP contribution in [0.1, 0.15) is 0 Å². The van der Waals surface area contributed by atoms with Gasteiger partial charge in [-0.05, 0) is 59.7 Å². The Bertz CT molecular complexity index is 1150. The average molecular weight is 499 g/mol. The predicted octanol–water partition coefficient (Wildman–Crippen LogP) is 1.83. The molecule has 4 aromatic rings. The summed E-state index contributed by atoms with van der Waals surface area (Å²) in [7, 11) is 0.0475. The molecule has 182 valence electrons. The minimum absolute atomic E-state index is 0.788. The van der Waals surface area contributed by atoms with E-state index in [0.717, 1.165) is 50.8 Å². The van der Waals surface area contributed by atoms with E-state index in [4.69, 9.17) is 37.3 Å². The molecule has 35 heavy (non-hydrogen) atoms. The van der Waals surface area contributed by atoms with E-state index in [1.165, 1.54) is 0 Å². The molecule has 0 fully saturated rings. The van der Waals surface area contributed by atoms with Gasteiger partial charge in [0.1, 0.15) is 17.2 Å². The second kappa shape index (κ2) is 11.7. The van der Waals surface area contributed by atoms with Gasteiger partial charge >= 0.3 is 12.0 Å². The molecule has 0 amide bonds. The first kappa shape index (κ1) is 26.0. The molecule has 0 aliphatic carbocycles. The van der Waals surface area contributed by atoms with E-state index >= 15 is 0 Å². The lowest BCUT2D eigenvalue weighted by Gasteiger charge is -2.17. The topological polar surface area (TPSA) is 131 Å². The molecular weight excluding hydrogens is 476 g/mol. The van der Waals surface area contributed by atoms with Crippen molar-refractivity contribution in [3.05, 3.63) is 85.1 Å². The zero-order valence-electron chi connectivity index (χ0n) is 19.2. The maximum absolute atomic E-state index is 8.49. The number of ether oxygens (including phenoxy) is 3. The lowest BCUT2D eigenvalue weighted by molar-refractivity contribution is -2.00. The molecule has 9 heteroatoms. The van der Waals surface area contributed by atoms with Gasteiger partial charge in [-0.3, -0.25) is 0 Å². The maximum Gasteiger partial charge on any atom is 0.368 e. The van der Waals surface area contributed by atoms with E-state index in [1.807, 2.05) is 66.7 Å². The third kappa shape index (κ3) is 7.16. The maximum atomic E-state index is 8.49. The van der Waals surface area contributed by atoms with Crippen molar-refractivity contribution < 1.29 is 47.5 Å². The number of halogens is 1. The van der Waals surface area contributed by atoms with Crippen LogP contribution in [-0.2, 0) is 0 Å². The van der Waals surface area contributed by atoms with Crippen LogP contribution in [0, 0.1) is 10.2 Å². The third-order valence-corrected chi connectivity index (χ3v) is 5.05. The molecule has 1 heterocycles. The number of hydrogen-bond acceptors (Lipinski definition) is 7. The molecule has 4 rings (SSSR count). The fourth-order valence-electron chi connectivity index (χ4n) is 3.44. The molecule has 0 radical (unpaired) electrons. The van der Waals surface area contributed by atoms with Gasteiger partial charge in [0.2, 0.25) is 0 Å². The van der Waals surface area contributed by atoms with E-state index in [-0.39, 0.29) is 0 Å². The van der Waals surface area contributed by atoms with Crippen molar-refractivity contribution in [1.82, 2.24) is 0 Å². The summed E-state index contributed by atoms with van der Waals surface area (Å²) in [5, 5.41) is 0. The van der Waals surface area contributed by atoms with E-state index < -0.39 is 10.2 Å². The predicted molar refractivity (Wildman–Crippen MR) is 119 cm³/mol. The summed E-state index contributed by atoms with van der Waals surface area (Å²) >= 11 is 0. The Balaban J connectivity index is 0.000000623. The van der Waals surface area contributed by atoms with Crippen molar-refractivity contribution in [3.8, 4) is 50.8 Å². The van der Waals surface area contributed by atoms with Crippen LogP contribution in [0.2, 0.25) is 0 Å². The van der Waals surface area contributed by atoms with Crippen molar-refractivity contribution in [2.75, 3.05) is 21.3 Å². The van der Waals surface area contributed by atoms with Gasteiger partial charge in [-0.1, -0.05) is 24.3 Å². The zero-order chi connectivity index (χ0) is 25.4. The molecule has 8 nitrogen and oxygen atoms in total. The highest BCUT2D eigenvalue weighted by Crippen LogP contribution is 2.41. The summed E-state index contributed by atoms with van der Waals surface area (Å²) in [6, 6.07) is 25.9. The molecule has 3 aromatic carbocycles. The third-order valence-electron chi connectivity index (χ3n) is 5.05. The summed E-state index contributed by atoms with van der Waals surface area (Å²) in [6.07, 6.45) is 1.73. The second-order valence-electron chi connectivity index (χ2n) is 7.10. The Morgan fingerprint density at radius 1 is 0.543 bits per heavy atom. The number of methoxy groups -OCH3 is 3. The Kier molecular flexibility index (Phi) is 8.64. The van der Waals surface area contributed by atoms with Crippen LogP contribution in [0.5, 0.6) is 17.2 Å². The van der Waals surface area contributed by atoms with Crippen LogP contribution in [0.3, 0.4) is 0 Å². The molecule has 0 saturated heterocycles. The highest BCUT2D eigenvalue weighted by atomic mass is 35.7. The monoisotopic (exact) mass is 498 g/mol. The Labute approximate surface area is 204 Å². The van der Waals surface area contributed by atoms with Gasteiger partial charge in [0.05, 0.1) is 32.5 Å². The molecule has 0 spiro atoms. The lowest BCUT2D eigenvalue weighted by Crippen LogP contribution is -2.68. The molecule has 0 saturated carbocycles. The molecule has 0 aliphatic heterocycles. The highest BCUT2D eigenvalue weighted by molar-refractivity contribution is 5.92. The minimum atomic E-state index is -4.94. The van der Waals surface area contributed by atoms with Crippen LogP contribution in [0.25, 0.3) is 33.6 Å². The highest BCUT2D eigenvalue weighted by Gasteiger charge is 2.24. The van der Waals surface area contributed by atoms with Crippen LogP contribution in [0.15, 0.2) is 89.5 Å². The fourth-order valence-corrected chi connectivity index (χ4v) is 3.44. The molecule has 0 aliphatic rings. The first-order chi connectivity index (χ1) is 16.7. The molecule has 0 unspecified atom stereocenters.